The summed E-state index contributed by atoms with van der Waals surface area (Å²) in [4.78, 5) is 30.5. The van der Waals surface area contributed by atoms with E-state index < -0.39 is 5.91 Å². The number of rotatable bonds is 2. The molecule has 4 rings (SSSR count). The van der Waals surface area contributed by atoms with Gasteiger partial charge in [0, 0.05) is 12.4 Å². The number of aryl methyl sites for hydroxylation is 1. The molecule has 0 bridgehead atoms. The molecule has 0 spiro atoms. The van der Waals surface area contributed by atoms with Gasteiger partial charge in [0.05, 0.1) is 21.6 Å². The number of hydrogen-bond donors (Lipinski definition) is 0. The van der Waals surface area contributed by atoms with Crippen LogP contribution in [0.3, 0.4) is 0 Å². The van der Waals surface area contributed by atoms with E-state index in [2.05, 4.69) is 10.1 Å². The highest BCUT2D eigenvalue weighted by Crippen LogP contribution is 2.17. The van der Waals surface area contributed by atoms with E-state index in [-0.39, 0.29) is 17.3 Å². The maximum atomic E-state index is 13.0. The molecule has 0 unspecified atom stereocenters. The van der Waals surface area contributed by atoms with Crippen LogP contribution in [0.25, 0.3) is 21.0 Å². The quantitative estimate of drug-likeness (QED) is 0.538. The lowest BCUT2D eigenvalue weighted by molar-refractivity contribution is 0.0992. The highest BCUT2D eigenvalue weighted by atomic mass is 32.1. The first-order valence-electron chi connectivity index (χ1n) is 8.62. The molecular weight excluding hydrogens is 360 g/mol. The Morgan fingerprint density at radius 3 is 2.44 bits per heavy atom. The number of carbonyl (C=O) groups is 1. The third-order valence-electron chi connectivity index (χ3n) is 4.43. The molecule has 2 heterocycles. The normalized spacial score (nSPS) is 12.4. The third-order valence-corrected chi connectivity index (χ3v) is 5.54. The van der Waals surface area contributed by atoms with E-state index in [9.17, 15) is 9.59 Å². The highest BCUT2D eigenvalue weighted by Gasteiger charge is 2.17. The second-order valence-electron chi connectivity index (χ2n) is 6.57. The average molecular weight is 378 g/mol. The van der Waals surface area contributed by atoms with Gasteiger partial charge < -0.3 is 4.57 Å². The van der Waals surface area contributed by atoms with Gasteiger partial charge in [-0.05, 0) is 32.0 Å². The number of thiazole rings is 1. The van der Waals surface area contributed by atoms with Crippen LogP contribution in [0.4, 0.5) is 0 Å². The van der Waals surface area contributed by atoms with Crippen molar-refractivity contribution in [2.75, 3.05) is 0 Å². The van der Waals surface area contributed by atoms with Crippen LogP contribution in [0.1, 0.15) is 30.4 Å². The van der Waals surface area contributed by atoms with Crippen molar-refractivity contribution in [3.8, 4) is 0 Å². The van der Waals surface area contributed by atoms with E-state index >= 15 is 0 Å². The lowest BCUT2D eigenvalue weighted by Crippen LogP contribution is -2.27. The molecule has 0 atom stereocenters. The van der Waals surface area contributed by atoms with Gasteiger partial charge in [-0.3, -0.25) is 9.59 Å². The summed E-state index contributed by atoms with van der Waals surface area (Å²) < 4.78 is 4.28. The fourth-order valence-corrected chi connectivity index (χ4v) is 4.06. The van der Waals surface area contributed by atoms with Gasteiger partial charge in [-0.25, -0.2) is 4.68 Å². The molecule has 0 saturated carbocycles. The summed E-state index contributed by atoms with van der Waals surface area (Å²) in [7, 11) is 1.88. The van der Waals surface area contributed by atoms with Gasteiger partial charge >= 0.3 is 5.91 Å². The minimum Gasteiger partial charge on any atom is -0.319 e. The molecule has 27 heavy (non-hydrogen) atoms. The SMILES string of the molecule is CC(C)n1nc(C(=O)N=c2sc3ccccc3n2C)c2ccccc2c1=O. The van der Waals surface area contributed by atoms with E-state index in [1.165, 1.54) is 16.0 Å². The summed E-state index contributed by atoms with van der Waals surface area (Å²) in [5, 5.41) is 5.33. The van der Waals surface area contributed by atoms with Crippen molar-refractivity contribution >= 4 is 38.2 Å². The second-order valence-corrected chi connectivity index (χ2v) is 7.58. The summed E-state index contributed by atoms with van der Waals surface area (Å²) in [5.74, 6) is -0.456. The lowest BCUT2D eigenvalue weighted by Gasteiger charge is -2.11. The Morgan fingerprint density at radius 2 is 1.74 bits per heavy atom. The minimum atomic E-state index is -0.456. The number of aromatic nitrogens is 3. The van der Waals surface area contributed by atoms with E-state index in [0.717, 1.165) is 10.2 Å². The molecule has 7 heteroatoms. The molecule has 0 N–H and O–H groups in total. The molecule has 4 aromatic rings. The van der Waals surface area contributed by atoms with Crippen LogP contribution in [0.2, 0.25) is 0 Å². The third kappa shape index (κ3) is 2.90. The number of carbonyl (C=O) groups excluding carboxylic acids is 1. The zero-order chi connectivity index (χ0) is 19.1. The van der Waals surface area contributed by atoms with Crippen molar-refractivity contribution in [3.63, 3.8) is 0 Å². The Bertz CT molecular complexity index is 1310. The number of hydrogen-bond acceptors (Lipinski definition) is 4. The van der Waals surface area contributed by atoms with Crippen LogP contribution in [-0.2, 0) is 7.05 Å². The Morgan fingerprint density at radius 1 is 1.07 bits per heavy atom. The summed E-state index contributed by atoms with van der Waals surface area (Å²) in [5.41, 5.74) is 1.000. The van der Waals surface area contributed by atoms with Crippen LogP contribution >= 0.6 is 11.3 Å². The zero-order valence-corrected chi connectivity index (χ0v) is 16.0. The zero-order valence-electron chi connectivity index (χ0n) is 15.2. The number of para-hydroxylation sites is 1. The first-order chi connectivity index (χ1) is 13.0. The predicted octanol–water partition coefficient (Wildman–Crippen LogP) is 3.27. The molecule has 0 aliphatic carbocycles. The first kappa shape index (κ1) is 17.4. The van der Waals surface area contributed by atoms with Crippen LogP contribution in [0.5, 0.6) is 0 Å². The summed E-state index contributed by atoms with van der Waals surface area (Å²) in [6.07, 6.45) is 0. The molecule has 0 aliphatic rings. The number of nitrogens with zero attached hydrogens (tertiary/aromatic N) is 4. The van der Waals surface area contributed by atoms with Crippen LogP contribution in [-0.4, -0.2) is 20.3 Å². The molecule has 0 aliphatic heterocycles. The molecule has 2 aromatic heterocycles. The molecule has 6 nitrogen and oxygen atoms in total. The summed E-state index contributed by atoms with van der Waals surface area (Å²) >= 11 is 1.45. The van der Waals surface area contributed by atoms with Crippen LogP contribution in [0, 0.1) is 0 Å². The smallest absolute Gasteiger partial charge is 0.300 e. The number of fused-ring (bicyclic) bond motifs is 2. The fraction of sp³-hybridized carbons (Fsp3) is 0.200. The Hall–Kier alpha value is -3.06. The average Bonchev–Trinajstić information content (AvgIpc) is 2.98. The van der Waals surface area contributed by atoms with Crippen molar-refractivity contribution in [1.82, 2.24) is 14.3 Å². The van der Waals surface area contributed by atoms with Gasteiger partial charge in [-0.1, -0.05) is 41.7 Å². The van der Waals surface area contributed by atoms with Crippen LogP contribution in [0.15, 0.2) is 58.3 Å². The molecule has 0 fully saturated rings. The summed E-state index contributed by atoms with van der Waals surface area (Å²) in [6.45, 7) is 3.72. The van der Waals surface area contributed by atoms with Gasteiger partial charge in [0.15, 0.2) is 10.5 Å². The molecule has 136 valence electrons. The summed E-state index contributed by atoms with van der Waals surface area (Å²) in [6, 6.07) is 14.8. The Labute approximate surface area is 159 Å². The predicted molar refractivity (Wildman–Crippen MR) is 107 cm³/mol. The van der Waals surface area contributed by atoms with E-state index in [0.29, 0.717) is 15.6 Å². The van der Waals surface area contributed by atoms with Crippen molar-refractivity contribution < 1.29 is 4.79 Å². The van der Waals surface area contributed by atoms with Crippen molar-refractivity contribution in [1.29, 1.82) is 0 Å². The molecule has 0 saturated heterocycles. The van der Waals surface area contributed by atoms with E-state index in [4.69, 9.17) is 0 Å². The van der Waals surface area contributed by atoms with Gasteiger partial charge in [-0.2, -0.15) is 10.1 Å². The molecule has 0 radical (unpaired) electrons. The largest absolute Gasteiger partial charge is 0.319 e. The lowest BCUT2D eigenvalue weighted by atomic mass is 10.1. The van der Waals surface area contributed by atoms with Crippen molar-refractivity contribution in [3.05, 3.63) is 69.4 Å². The maximum Gasteiger partial charge on any atom is 0.300 e. The topological polar surface area (TPSA) is 69.2 Å². The monoisotopic (exact) mass is 378 g/mol. The molecule has 2 aromatic carbocycles. The fourth-order valence-electron chi connectivity index (χ4n) is 3.04. The Kier molecular flexibility index (Phi) is 4.24. The minimum absolute atomic E-state index is 0.158. The van der Waals surface area contributed by atoms with E-state index in [1.807, 2.05) is 49.7 Å². The first-order valence-corrected chi connectivity index (χ1v) is 9.44. The van der Waals surface area contributed by atoms with Gasteiger partial charge in [0.1, 0.15) is 0 Å². The van der Waals surface area contributed by atoms with Gasteiger partial charge in [-0.15, -0.1) is 0 Å². The van der Waals surface area contributed by atoms with Gasteiger partial charge in [0.25, 0.3) is 5.56 Å². The van der Waals surface area contributed by atoms with Crippen LogP contribution < -0.4 is 10.4 Å². The number of amides is 1. The number of benzene rings is 2. The highest BCUT2D eigenvalue weighted by molar-refractivity contribution is 7.16. The maximum absolute atomic E-state index is 13.0. The standard InChI is InChI=1S/C20H18N4O2S/c1-12(2)24-19(26)14-9-5-4-8-13(14)17(22-24)18(25)21-20-23(3)15-10-6-7-11-16(15)27-20/h4-12H,1-3H3. The Balaban J connectivity index is 1.96. The van der Waals surface area contributed by atoms with Gasteiger partial charge in [0.2, 0.25) is 0 Å². The molecular formula is C20H18N4O2S. The van der Waals surface area contributed by atoms with Crippen molar-refractivity contribution in [2.24, 2.45) is 12.0 Å². The second kappa shape index (κ2) is 6.59. The van der Waals surface area contributed by atoms with Crippen molar-refractivity contribution in [2.45, 2.75) is 19.9 Å². The van der Waals surface area contributed by atoms with E-state index in [1.54, 1.807) is 24.3 Å². The molecule has 1 amide bonds.